The minimum Gasteiger partial charge on any atom is -0.493 e. The molecule has 0 aliphatic heterocycles. The van der Waals surface area contributed by atoms with Gasteiger partial charge in [0.15, 0.2) is 0 Å². The number of aryl methyl sites for hydroxylation is 1. The lowest BCUT2D eigenvalue weighted by atomic mass is 10.0. The van der Waals surface area contributed by atoms with E-state index >= 15 is 0 Å². The fourth-order valence-corrected chi connectivity index (χ4v) is 1.90. The van der Waals surface area contributed by atoms with Crippen LogP contribution in [0.3, 0.4) is 0 Å². The van der Waals surface area contributed by atoms with Gasteiger partial charge in [0, 0.05) is 12.6 Å². The third-order valence-electron chi connectivity index (χ3n) is 3.01. The summed E-state index contributed by atoms with van der Waals surface area (Å²) in [5.74, 6) is -0.176. The number of aromatic hydroxyl groups is 1. The zero-order valence-electron chi connectivity index (χ0n) is 11.1. The van der Waals surface area contributed by atoms with Gasteiger partial charge in [-0.3, -0.25) is 9.36 Å². The number of hydrogen-bond acceptors (Lipinski definition) is 3. The van der Waals surface area contributed by atoms with Crippen molar-refractivity contribution in [2.75, 3.05) is 0 Å². The second-order valence-electron chi connectivity index (χ2n) is 4.43. The first-order valence-electron chi connectivity index (χ1n) is 6.51. The molecule has 1 N–H and O–H groups in total. The summed E-state index contributed by atoms with van der Waals surface area (Å²) in [7, 11) is 0. The number of unbranched alkanes of at least 4 members (excludes halogenated alkanes) is 2. The predicted molar refractivity (Wildman–Crippen MR) is 70.6 cm³/mol. The standard InChI is InChI=1S/C14H20N2O2/c1-3-5-7-11-9-13(17)16(8-6-4-2)14(18)12(11)10-15/h9,18H,3-8H2,1-2H3. The molecular formula is C14H20N2O2. The van der Waals surface area contributed by atoms with Crippen LogP contribution in [0.1, 0.15) is 50.7 Å². The summed E-state index contributed by atoms with van der Waals surface area (Å²) in [6.07, 6.45) is 4.31. The maximum atomic E-state index is 11.9. The van der Waals surface area contributed by atoms with E-state index in [0.717, 1.165) is 25.7 Å². The van der Waals surface area contributed by atoms with Gasteiger partial charge in [-0.15, -0.1) is 0 Å². The van der Waals surface area contributed by atoms with Crippen LogP contribution < -0.4 is 5.56 Å². The molecule has 0 aliphatic carbocycles. The third kappa shape index (κ3) is 3.13. The van der Waals surface area contributed by atoms with Gasteiger partial charge in [-0.2, -0.15) is 5.26 Å². The minimum atomic E-state index is -0.217. The van der Waals surface area contributed by atoms with Crippen LogP contribution in [0.5, 0.6) is 5.88 Å². The van der Waals surface area contributed by atoms with Gasteiger partial charge in [-0.1, -0.05) is 26.7 Å². The fraction of sp³-hybridized carbons (Fsp3) is 0.571. The van der Waals surface area contributed by atoms with E-state index in [2.05, 4.69) is 0 Å². The lowest BCUT2D eigenvalue weighted by Gasteiger charge is -2.12. The van der Waals surface area contributed by atoms with Gasteiger partial charge in [0.25, 0.3) is 5.56 Å². The third-order valence-corrected chi connectivity index (χ3v) is 3.01. The molecule has 0 aromatic carbocycles. The number of aromatic nitrogens is 1. The van der Waals surface area contributed by atoms with Gasteiger partial charge in [0.1, 0.15) is 11.6 Å². The topological polar surface area (TPSA) is 66.0 Å². The Hall–Kier alpha value is -1.76. The van der Waals surface area contributed by atoms with Gasteiger partial charge >= 0.3 is 0 Å². The van der Waals surface area contributed by atoms with E-state index < -0.39 is 0 Å². The molecule has 0 unspecified atom stereocenters. The summed E-state index contributed by atoms with van der Waals surface area (Å²) in [6.45, 7) is 4.53. The van der Waals surface area contributed by atoms with E-state index in [4.69, 9.17) is 5.26 Å². The molecule has 0 radical (unpaired) electrons. The predicted octanol–water partition coefficient (Wildman–Crippen LogP) is 2.57. The molecule has 0 bridgehead atoms. The highest BCUT2D eigenvalue weighted by Crippen LogP contribution is 2.20. The van der Waals surface area contributed by atoms with E-state index in [-0.39, 0.29) is 17.0 Å². The second kappa shape index (κ2) is 6.85. The van der Waals surface area contributed by atoms with Crippen LogP contribution >= 0.6 is 0 Å². The smallest absolute Gasteiger partial charge is 0.253 e. The van der Waals surface area contributed by atoms with Crippen LogP contribution in [0.4, 0.5) is 0 Å². The molecule has 98 valence electrons. The quantitative estimate of drug-likeness (QED) is 0.841. The van der Waals surface area contributed by atoms with E-state index in [9.17, 15) is 9.90 Å². The minimum absolute atomic E-state index is 0.176. The summed E-state index contributed by atoms with van der Waals surface area (Å²) in [5.41, 5.74) is 0.694. The van der Waals surface area contributed by atoms with Crippen molar-refractivity contribution >= 4 is 0 Å². The molecule has 1 rings (SSSR count). The Morgan fingerprint density at radius 3 is 2.56 bits per heavy atom. The van der Waals surface area contributed by atoms with Crippen LogP contribution in [-0.2, 0) is 13.0 Å². The molecule has 18 heavy (non-hydrogen) atoms. The number of hydrogen-bond donors (Lipinski definition) is 1. The van der Waals surface area contributed by atoms with Crippen LogP contribution in [0.2, 0.25) is 0 Å². The zero-order chi connectivity index (χ0) is 13.5. The Balaban J connectivity index is 3.19. The summed E-state index contributed by atoms with van der Waals surface area (Å²) < 4.78 is 1.29. The lowest BCUT2D eigenvalue weighted by molar-refractivity contribution is 0.398. The molecule has 1 aromatic rings. The maximum absolute atomic E-state index is 11.9. The number of nitriles is 1. The van der Waals surface area contributed by atoms with Crippen LogP contribution in [0, 0.1) is 11.3 Å². The molecule has 4 nitrogen and oxygen atoms in total. The van der Waals surface area contributed by atoms with Crippen molar-refractivity contribution in [1.82, 2.24) is 4.57 Å². The SMILES string of the molecule is CCCCc1cc(=O)n(CCCC)c(O)c1C#N. The lowest BCUT2D eigenvalue weighted by Crippen LogP contribution is -2.21. The Morgan fingerprint density at radius 2 is 2.00 bits per heavy atom. The molecule has 4 heteroatoms. The van der Waals surface area contributed by atoms with E-state index in [0.29, 0.717) is 18.5 Å². The zero-order valence-corrected chi connectivity index (χ0v) is 11.1. The fourth-order valence-electron chi connectivity index (χ4n) is 1.90. The van der Waals surface area contributed by atoms with Crippen molar-refractivity contribution < 1.29 is 5.11 Å². The highest BCUT2D eigenvalue weighted by Gasteiger charge is 2.14. The average molecular weight is 248 g/mol. The van der Waals surface area contributed by atoms with Crippen molar-refractivity contribution in [3.63, 3.8) is 0 Å². The average Bonchev–Trinajstić information content (AvgIpc) is 2.36. The van der Waals surface area contributed by atoms with Gasteiger partial charge in [0.05, 0.1) is 0 Å². The van der Waals surface area contributed by atoms with Crippen molar-refractivity contribution in [3.05, 3.63) is 27.5 Å². The monoisotopic (exact) mass is 248 g/mol. The van der Waals surface area contributed by atoms with Crippen molar-refractivity contribution in [2.45, 2.75) is 52.5 Å². The second-order valence-corrected chi connectivity index (χ2v) is 4.43. The molecular weight excluding hydrogens is 228 g/mol. The van der Waals surface area contributed by atoms with Gasteiger partial charge in [-0.25, -0.2) is 0 Å². The summed E-state index contributed by atoms with van der Waals surface area (Å²) in [5, 5.41) is 19.1. The summed E-state index contributed by atoms with van der Waals surface area (Å²) >= 11 is 0. The van der Waals surface area contributed by atoms with Crippen molar-refractivity contribution in [2.24, 2.45) is 0 Å². The summed E-state index contributed by atoms with van der Waals surface area (Å²) in [4.78, 5) is 11.9. The van der Waals surface area contributed by atoms with Crippen LogP contribution in [0.25, 0.3) is 0 Å². The molecule has 1 aromatic heterocycles. The van der Waals surface area contributed by atoms with E-state index in [1.54, 1.807) is 0 Å². The Labute approximate surface area is 107 Å². The molecule has 0 fully saturated rings. The van der Waals surface area contributed by atoms with Crippen LogP contribution in [0.15, 0.2) is 10.9 Å². The van der Waals surface area contributed by atoms with Gasteiger partial charge in [0.2, 0.25) is 5.88 Å². The van der Waals surface area contributed by atoms with Gasteiger partial charge < -0.3 is 5.11 Å². The first-order valence-corrected chi connectivity index (χ1v) is 6.51. The molecule has 0 spiro atoms. The Bertz CT molecular complexity index is 498. The molecule has 0 atom stereocenters. The Kier molecular flexibility index (Phi) is 5.44. The van der Waals surface area contributed by atoms with E-state index in [1.165, 1.54) is 10.6 Å². The normalized spacial score (nSPS) is 10.3. The van der Waals surface area contributed by atoms with Crippen LogP contribution in [-0.4, -0.2) is 9.67 Å². The van der Waals surface area contributed by atoms with Crippen molar-refractivity contribution in [1.29, 1.82) is 5.26 Å². The number of nitrogens with zero attached hydrogens (tertiary/aromatic N) is 2. The van der Waals surface area contributed by atoms with Crippen molar-refractivity contribution in [3.8, 4) is 11.9 Å². The molecule has 0 saturated carbocycles. The summed E-state index contributed by atoms with van der Waals surface area (Å²) in [6, 6.07) is 3.50. The maximum Gasteiger partial charge on any atom is 0.253 e. The molecule has 0 amide bonds. The molecule has 0 aliphatic rings. The largest absolute Gasteiger partial charge is 0.493 e. The van der Waals surface area contributed by atoms with Gasteiger partial charge in [-0.05, 0) is 24.8 Å². The molecule has 1 heterocycles. The Morgan fingerprint density at radius 1 is 1.33 bits per heavy atom. The number of pyridine rings is 1. The number of rotatable bonds is 6. The van der Waals surface area contributed by atoms with E-state index in [1.807, 2.05) is 19.9 Å². The highest BCUT2D eigenvalue weighted by molar-refractivity contribution is 5.44. The highest BCUT2D eigenvalue weighted by atomic mass is 16.3. The first-order chi connectivity index (χ1) is 8.65. The first kappa shape index (κ1) is 14.3. The molecule has 0 saturated heterocycles.